The molecule has 0 bridgehead atoms. The summed E-state index contributed by atoms with van der Waals surface area (Å²) in [6, 6.07) is 15.1. The van der Waals surface area contributed by atoms with Gasteiger partial charge in [0, 0.05) is 31.1 Å². The number of anilines is 1. The number of nitrogens with two attached hydrogens (primary N) is 1. The van der Waals surface area contributed by atoms with Crippen molar-refractivity contribution >= 4 is 23.3 Å². The molecule has 2 aromatic rings. The molecule has 0 atom stereocenters. The third-order valence-electron chi connectivity index (χ3n) is 4.78. The Bertz CT molecular complexity index is 849. The summed E-state index contributed by atoms with van der Waals surface area (Å²) in [6.45, 7) is 0. The van der Waals surface area contributed by atoms with E-state index in [2.05, 4.69) is 0 Å². The van der Waals surface area contributed by atoms with Gasteiger partial charge in [-0.15, -0.1) is 0 Å². The Morgan fingerprint density at radius 3 is 2.21 bits per heavy atom. The molecule has 0 aromatic heterocycles. The van der Waals surface area contributed by atoms with Crippen molar-refractivity contribution in [3.63, 3.8) is 0 Å². The SMILES string of the molecule is COc1ccc(N(C)C(=O)C(=O)CCCCCCC(N)=O)cc1-c1ccccc1. The van der Waals surface area contributed by atoms with Crippen LogP contribution in [0.5, 0.6) is 5.75 Å². The van der Waals surface area contributed by atoms with E-state index in [4.69, 9.17) is 10.5 Å². The van der Waals surface area contributed by atoms with Gasteiger partial charge in [-0.05, 0) is 36.6 Å². The van der Waals surface area contributed by atoms with Crippen molar-refractivity contribution in [3.8, 4) is 16.9 Å². The van der Waals surface area contributed by atoms with E-state index in [-0.39, 0.29) is 12.3 Å². The monoisotopic (exact) mass is 396 g/mol. The van der Waals surface area contributed by atoms with E-state index >= 15 is 0 Å². The van der Waals surface area contributed by atoms with Gasteiger partial charge in [-0.3, -0.25) is 14.4 Å². The van der Waals surface area contributed by atoms with Crippen LogP contribution in [0.1, 0.15) is 38.5 Å². The first kappa shape index (κ1) is 22.1. The Hall–Kier alpha value is -3.15. The summed E-state index contributed by atoms with van der Waals surface area (Å²) in [5, 5.41) is 0. The van der Waals surface area contributed by atoms with Crippen LogP contribution in [0.3, 0.4) is 0 Å². The van der Waals surface area contributed by atoms with Crippen LogP contribution in [0.25, 0.3) is 11.1 Å². The van der Waals surface area contributed by atoms with Crippen molar-refractivity contribution in [2.24, 2.45) is 5.73 Å². The van der Waals surface area contributed by atoms with Gasteiger partial charge in [-0.25, -0.2) is 0 Å². The molecule has 6 nitrogen and oxygen atoms in total. The third kappa shape index (κ3) is 6.45. The maximum absolute atomic E-state index is 12.5. The molecule has 2 rings (SSSR count). The number of methoxy groups -OCH3 is 1. The minimum Gasteiger partial charge on any atom is -0.496 e. The van der Waals surface area contributed by atoms with Crippen molar-refractivity contribution in [1.82, 2.24) is 0 Å². The molecule has 0 spiro atoms. The number of ketones is 1. The van der Waals surface area contributed by atoms with Crippen molar-refractivity contribution < 1.29 is 19.1 Å². The summed E-state index contributed by atoms with van der Waals surface area (Å²) in [5.41, 5.74) is 7.55. The molecule has 0 unspecified atom stereocenters. The number of likely N-dealkylation sites (N-methyl/N-ethyl adjacent to an activating group) is 1. The molecular formula is C23H28N2O4. The number of primary amides is 1. The van der Waals surface area contributed by atoms with E-state index in [1.54, 1.807) is 26.3 Å². The number of ether oxygens (including phenoxy) is 1. The van der Waals surface area contributed by atoms with Crippen LogP contribution in [-0.2, 0) is 14.4 Å². The first-order valence-electron chi connectivity index (χ1n) is 9.76. The van der Waals surface area contributed by atoms with Gasteiger partial charge in [0.1, 0.15) is 5.75 Å². The number of rotatable bonds is 11. The number of unbranched alkanes of at least 4 members (excludes halogenated alkanes) is 3. The smallest absolute Gasteiger partial charge is 0.294 e. The molecule has 29 heavy (non-hydrogen) atoms. The predicted octanol–water partition coefficient (Wildman–Crippen LogP) is 3.72. The molecule has 0 fully saturated rings. The van der Waals surface area contributed by atoms with Gasteiger partial charge in [0.25, 0.3) is 5.91 Å². The highest BCUT2D eigenvalue weighted by Crippen LogP contribution is 2.33. The Kier molecular flexibility index (Phi) is 8.40. The lowest BCUT2D eigenvalue weighted by atomic mass is 10.0. The van der Waals surface area contributed by atoms with Crippen LogP contribution >= 0.6 is 0 Å². The second-order valence-corrected chi connectivity index (χ2v) is 6.92. The third-order valence-corrected chi connectivity index (χ3v) is 4.78. The minimum atomic E-state index is -0.536. The van der Waals surface area contributed by atoms with Gasteiger partial charge in [-0.1, -0.05) is 43.2 Å². The maximum Gasteiger partial charge on any atom is 0.294 e. The molecule has 6 heteroatoms. The summed E-state index contributed by atoms with van der Waals surface area (Å²) in [5.74, 6) is -0.568. The fourth-order valence-corrected chi connectivity index (χ4v) is 3.10. The van der Waals surface area contributed by atoms with Crippen molar-refractivity contribution in [3.05, 3.63) is 48.5 Å². The molecule has 2 N–H and O–H groups in total. The Morgan fingerprint density at radius 2 is 1.59 bits per heavy atom. The zero-order valence-corrected chi connectivity index (χ0v) is 17.0. The standard InChI is InChI=1S/C23H28N2O4/c1-25(23(28)20(26)12-8-3-4-9-13-22(24)27)18-14-15-21(29-2)19(16-18)17-10-6-5-7-11-17/h5-7,10-11,14-16H,3-4,8-9,12-13H2,1-2H3,(H2,24,27). The number of carbonyl (C=O) groups excluding carboxylic acids is 3. The number of Topliss-reactive ketones (excluding diaryl/α,β-unsaturated/α-hetero) is 1. The number of benzene rings is 2. The fraction of sp³-hybridized carbons (Fsp3) is 0.348. The number of hydrogen-bond donors (Lipinski definition) is 1. The van der Waals surface area contributed by atoms with E-state index in [9.17, 15) is 14.4 Å². The first-order chi connectivity index (χ1) is 13.9. The van der Waals surface area contributed by atoms with Crippen LogP contribution in [0.15, 0.2) is 48.5 Å². The molecule has 0 radical (unpaired) electrons. The van der Waals surface area contributed by atoms with Gasteiger partial charge in [0.15, 0.2) is 0 Å². The van der Waals surface area contributed by atoms with Crippen LogP contribution in [-0.4, -0.2) is 31.8 Å². The van der Waals surface area contributed by atoms with Crippen molar-refractivity contribution in [1.29, 1.82) is 0 Å². The Balaban J connectivity index is 2.00. The fourth-order valence-electron chi connectivity index (χ4n) is 3.10. The molecule has 0 aliphatic carbocycles. The molecule has 154 valence electrons. The van der Waals surface area contributed by atoms with E-state index in [1.807, 2.05) is 36.4 Å². The maximum atomic E-state index is 12.5. The minimum absolute atomic E-state index is 0.196. The lowest BCUT2D eigenvalue weighted by Gasteiger charge is -2.19. The summed E-state index contributed by atoms with van der Waals surface area (Å²) in [4.78, 5) is 36.9. The number of nitrogens with zero attached hydrogens (tertiary/aromatic N) is 1. The highest BCUT2D eigenvalue weighted by molar-refractivity contribution is 6.41. The molecule has 0 aliphatic heterocycles. The molecule has 0 saturated carbocycles. The average molecular weight is 396 g/mol. The normalized spacial score (nSPS) is 10.4. The highest BCUT2D eigenvalue weighted by atomic mass is 16.5. The largest absolute Gasteiger partial charge is 0.496 e. The van der Waals surface area contributed by atoms with Crippen LogP contribution < -0.4 is 15.4 Å². The predicted molar refractivity (Wildman–Crippen MR) is 114 cm³/mol. The number of carbonyl (C=O) groups is 3. The molecule has 2 aromatic carbocycles. The first-order valence-corrected chi connectivity index (χ1v) is 9.76. The molecule has 0 saturated heterocycles. The molecule has 0 aliphatic rings. The van der Waals surface area contributed by atoms with Crippen LogP contribution in [0.4, 0.5) is 5.69 Å². The van der Waals surface area contributed by atoms with Gasteiger partial charge in [0.05, 0.1) is 7.11 Å². The summed E-state index contributed by atoms with van der Waals surface area (Å²) in [7, 11) is 3.20. The zero-order chi connectivity index (χ0) is 21.2. The number of hydrogen-bond acceptors (Lipinski definition) is 4. The summed E-state index contributed by atoms with van der Waals surface area (Å²) >= 11 is 0. The van der Waals surface area contributed by atoms with Gasteiger partial charge in [0.2, 0.25) is 11.7 Å². The van der Waals surface area contributed by atoms with Crippen LogP contribution in [0.2, 0.25) is 0 Å². The molecule has 2 amide bonds. The summed E-state index contributed by atoms with van der Waals surface area (Å²) in [6.07, 6.45) is 3.49. The second-order valence-electron chi connectivity index (χ2n) is 6.92. The van der Waals surface area contributed by atoms with E-state index in [0.717, 1.165) is 24.0 Å². The lowest BCUT2D eigenvalue weighted by molar-refractivity contribution is -0.136. The second kappa shape index (κ2) is 11.0. The van der Waals surface area contributed by atoms with E-state index in [0.29, 0.717) is 30.7 Å². The van der Waals surface area contributed by atoms with Crippen molar-refractivity contribution in [2.75, 3.05) is 19.1 Å². The lowest BCUT2D eigenvalue weighted by Crippen LogP contribution is -2.33. The average Bonchev–Trinajstić information content (AvgIpc) is 2.74. The number of amides is 2. The Morgan fingerprint density at radius 1 is 0.931 bits per heavy atom. The zero-order valence-electron chi connectivity index (χ0n) is 17.0. The van der Waals surface area contributed by atoms with E-state index in [1.165, 1.54) is 4.90 Å². The van der Waals surface area contributed by atoms with Gasteiger partial charge in [-0.2, -0.15) is 0 Å². The summed E-state index contributed by atoms with van der Waals surface area (Å²) < 4.78 is 5.44. The highest BCUT2D eigenvalue weighted by Gasteiger charge is 2.20. The van der Waals surface area contributed by atoms with Gasteiger partial charge >= 0.3 is 0 Å². The topological polar surface area (TPSA) is 89.7 Å². The quantitative estimate of drug-likeness (QED) is 0.463. The van der Waals surface area contributed by atoms with Crippen molar-refractivity contribution in [2.45, 2.75) is 38.5 Å². The van der Waals surface area contributed by atoms with E-state index < -0.39 is 11.7 Å². The Labute approximate surface area is 171 Å². The molecule has 0 heterocycles. The van der Waals surface area contributed by atoms with Gasteiger partial charge < -0.3 is 15.4 Å². The van der Waals surface area contributed by atoms with Crippen LogP contribution in [0, 0.1) is 0 Å². The molecular weight excluding hydrogens is 368 g/mol.